The van der Waals surface area contributed by atoms with E-state index in [-0.39, 0.29) is 18.4 Å². The van der Waals surface area contributed by atoms with Crippen molar-refractivity contribution in [3.05, 3.63) is 29.2 Å². The van der Waals surface area contributed by atoms with Crippen molar-refractivity contribution in [3.8, 4) is 0 Å². The van der Waals surface area contributed by atoms with E-state index in [0.717, 1.165) is 5.69 Å². The van der Waals surface area contributed by atoms with Crippen LogP contribution in [-0.4, -0.2) is 57.0 Å². The highest BCUT2D eigenvalue weighted by atomic mass is 19.4. The molecule has 2 aromatic heterocycles. The van der Waals surface area contributed by atoms with Crippen molar-refractivity contribution < 1.29 is 32.2 Å². The average Bonchev–Trinajstić information content (AvgIpc) is 3.44. The number of nitrogens with one attached hydrogen (secondary N) is 2. The van der Waals surface area contributed by atoms with Crippen molar-refractivity contribution in [1.29, 1.82) is 0 Å². The van der Waals surface area contributed by atoms with Crippen LogP contribution < -0.4 is 10.6 Å². The van der Waals surface area contributed by atoms with E-state index in [1.165, 1.54) is 11.6 Å². The molecule has 0 spiro atoms. The number of rotatable bonds is 8. The largest absolute Gasteiger partial charge is 0.446 e. The molecule has 2 N–H and O–H groups in total. The van der Waals surface area contributed by atoms with Gasteiger partial charge in [-0.15, -0.1) is 0 Å². The number of anilines is 1. The lowest BCUT2D eigenvalue weighted by Gasteiger charge is -2.22. The lowest BCUT2D eigenvalue weighted by atomic mass is 10.0. The van der Waals surface area contributed by atoms with E-state index >= 15 is 0 Å². The van der Waals surface area contributed by atoms with Crippen LogP contribution in [0.25, 0.3) is 0 Å². The van der Waals surface area contributed by atoms with Gasteiger partial charge in [-0.3, -0.25) is 9.48 Å². The minimum atomic E-state index is -4.37. The number of methoxy groups -OCH3 is 1. The number of hydrogen-bond donors (Lipinski definition) is 2. The predicted molar refractivity (Wildman–Crippen MR) is 129 cm³/mol. The summed E-state index contributed by atoms with van der Waals surface area (Å²) in [5.74, 6) is 0.145. The van der Waals surface area contributed by atoms with Crippen molar-refractivity contribution >= 4 is 17.8 Å². The summed E-state index contributed by atoms with van der Waals surface area (Å²) in [5.41, 5.74) is 1.31. The Morgan fingerprint density at radius 2 is 1.89 bits per heavy atom. The Morgan fingerprint density at radius 3 is 2.51 bits per heavy atom. The fraction of sp³-hybridized carbons (Fsp3) is 0.667. The summed E-state index contributed by atoms with van der Waals surface area (Å²) < 4.78 is 51.2. The highest BCUT2D eigenvalue weighted by Gasteiger charge is 2.34. The molecule has 0 aromatic carbocycles. The highest BCUT2D eigenvalue weighted by molar-refractivity contribution is 6.02. The maximum atomic E-state index is 13.0. The number of aryl methyl sites for hydroxylation is 1. The van der Waals surface area contributed by atoms with Gasteiger partial charge < -0.3 is 20.1 Å². The quantitative estimate of drug-likeness (QED) is 0.523. The van der Waals surface area contributed by atoms with Gasteiger partial charge in [-0.1, -0.05) is 0 Å². The summed E-state index contributed by atoms with van der Waals surface area (Å²) >= 11 is 0. The van der Waals surface area contributed by atoms with Crippen LogP contribution in [0.3, 0.4) is 0 Å². The average molecular weight is 529 g/mol. The number of amides is 2. The van der Waals surface area contributed by atoms with E-state index in [1.54, 1.807) is 24.9 Å². The molecular weight excluding hydrogens is 493 g/mol. The Kier molecular flexibility index (Phi) is 8.56. The second-order valence-corrected chi connectivity index (χ2v) is 10.5. The van der Waals surface area contributed by atoms with Crippen LogP contribution in [0.15, 0.2) is 12.1 Å². The molecule has 206 valence electrons. The normalized spacial score (nSPS) is 19.1. The third-order valence-electron chi connectivity index (χ3n) is 6.04. The van der Waals surface area contributed by atoms with E-state index in [0.29, 0.717) is 36.5 Å². The molecule has 0 radical (unpaired) electrons. The zero-order chi connectivity index (χ0) is 27.5. The van der Waals surface area contributed by atoms with E-state index < -0.39 is 36.4 Å². The molecule has 0 aliphatic heterocycles. The van der Waals surface area contributed by atoms with Gasteiger partial charge in [-0.2, -0.15) is 23.4 Å². The molecule has 2 unspecified atom stereocenters. The van der Waals surface area contributed by atoms with Crippen LogP contribution in [-0.2, 0) is 28.7 Å². The molecule has 0 bridgehead atoms. The van der Waals surface area contributed by atoms with Crippen LogP contribution >= 0.6 is 0 Å². The van der Waals surface area contributed by atoms with Gasteiger partial charge in [-0.25, -0.2) is 9.48 Å². The number of alkyl carbamates (subject to hydrolysis) is 1. The molecular formula is C24H35F3N6O4. The SMILES string of the molecule is COCc1cc(C(=O)Nc2cc([C@H]3CCC(OC(=O)NC(C)CC(F)(F)F)C3)nn2C(C)(C)C)n(C)n1. The van der Waals surface area contributed by atoms with Crippen LogP contribution in [0.2, 0.25) is 0 Å². The smallest absolute Gasteiger partial charge is 0.407 e. The first-order chi connectivity index (χ1) is 17.2. The van der Waals surface area contributed by atoms with Gasteiger partial charge in [0, 0.05) is 32.2 Å². The lowest BCUT2D eigenvalue weighted by molar-refractivity contribution is -0.138. The zero-order valence-electron chi connectivity index (χ0n) is 22.0. The Bertz CT molecular complexity index is 1110. The molecule has 10 nitrogen and oxygen atoms in total. The zero-order valence-corrected chi connectivity index (χ0v) is 22.0. The minimum absolute atomic E-state index is 0.0327. The monoisotopic (exact) mass is 528 g/mol. The van der Waals surface area contributed by atoms with Gasteiger partial charge in [0.2, 0.25) is 0 Å². The Balaban J connectivity index is 1.68. The molecule has 3 atom stereocenters. The van der Waals surface area contributed by atoms with Crippen molar-refractivity contribution in [2.24, 2.45) is 7.05 Å². The molecule has 1 aliphatic carbocycles. The molecule has 2 amide bonds. The second kappa shape index (κ2) is 11.1. The van der Waals surface area contributed by atoms with Crippen LogP contribution in [0, 0.1) is 0 Å². The summed E-state index contributed by atoms with van der Waals surface area (Å²) in [6.45, 7) is 7.47. The number of carbonyl (C=O) groups is 2. The van der Waals surface area contributed by atoms with Crippen LogP contribution in [0.4, 0.5) is 23.8 Å². The summed E-state index contributed by atoms with van der Waals surface area (Å²) in [6.07, 6.45) is -5.06. The van der Waals surface area contributed by atoms with E-state index in [2.05, 4.69) is 15.7 Å². The maximum absolute atomic E-state index is 13.0. The van der Waals surface area contributed by atoms with E-state index in [9.17, 15) is 22.8 Å². The Hall–Kier alpha value is -3.09. The molecule has 3 rings (SSSR count). The number of nitrogens with zero attached hydrogens (tertiary/aromatic N) is 4. The first-order valence-corrected chi connectivity index (χ1v) is 12.1. The van der Waals surface area contributed by atoms with Crippen LogP contribution in [0.5, 0.6) is 0 Å². The van der Waals surface area contributed by atoms with E-state index in [4.69, 9.17) is 14.6 Å². The molecule has 1 aliphatic rings. The molecule has 0 saturated heterocycles. The summed E-state index contributed by atoms with van der Waals surface area (Å²) in [5, 5.41) is 14.2. The fourth-order valence-electron chi connectivity index (χ4n) is 4.44. The second-order valence-electron chi connectivity index (χ2n) is 10.5. The van der Waals surface area contributed by atoms with Crippen molar-refractivity contribution in [2.45, 2.75) is 89.8 Å². The van der Waals surface area contributed by atoms with Crippen molar-refractivity contribution in [2.75, 3.05) is 12.4 Å². The third kappa shape index (κ3) is 7.70. The number of aromatic nitrogens is 4. The fourth-order valence-corrected chi connectivity index (χ4v) is 4.44. The third-order valence-corrected chi connectivity index (χ3v) is 6.04. The number of ether oxygens (including phenoxy) is 2. The molecule has 2 aromatic rings. The first-order valence-electron chi connectivity index (χ1n) is 12.1. The summed E-state index contributed by atoms with van der Waals surface area (Å²) in [4.78, 5) is 25.1. The molecule has 1 fully saturated rings. The van der Waals surface area contributed by atoms with Crippen molar-refractivity contribution in [3.63, 3.8) is 0 Å². The molecule has 1 saturated carbocycles. The lowest BCUT2D eigenvalue weighted by Crippen LogP contribution is -2.37. The predicted octanol–water partition coefficient (Wildman–Crippen LogP) is 4.47. The maximum Gasteiger partial charge on any atom is 0.407 e. The van der Waals surface area contributed by atoms with Crippen LogP contribution in [0.1, 0.15) is 81.2 Å². The van der Waals surface area contributed by atoms with Gasteiger partial charge in [0.05, 0.1) is 30.0 Å². The van der Waals surface area contributed by atoms with E-state index in [1.807, 2.05) is 26.8 Å². The van der Waals surface area contributed by atoms with Crippen molar-refractivity contribution in [1.82, 2.24) is 24.9 Å². The minimum Gasteiger partial charge on any atom is -0.446 e. The number of carbonyl (C=O) groups excluding carboxylic acids is 2. The number of halogens is 3. The first kappa shape index (κ1) is 28.5. The Labute approximate surface area is 213 Å². The summed E-state index contributed by atoms with van der Waals surface area (Å²) in [6, 6.07) is 2.40. The highest BCUT2D eigenvalue weighted by Crippen LogP contribution is 2.37. The Morgan fingerprint density at radius 1 is 1.19 bits per heavy atom. The summed E-state index contributed by atoms with van der Waals surface area (Å²) in [7, 11) is 3.23. The van der Waals surface area contributed by atoms with Gasteiger partial charge in [0.15, 0.2) is 0 Å². The number of hydrogen-bond acceptors (Lipinski definition) is 6. The molecule has 13 heteroatoms. The topological polar surface area (TPSA) is 112 Å². The molecule has 2 heterocycles. The van der Waals surface area contributed by atoms with Gasteiger partial charge >= 0.3 is 12.3 Å². The standard InChI is InChI=1S/C24H35F3N6O4/c1-14(12-24(25,26)27)28-22(35)37-17-8-7-15(9-17)18-11-20(33(31-18)23(2,3)4)29-21(34)19-10-16(13-36-6)30-32(19)5/h10-11,14-15,17H,7-9,12-13H2,1-6H3,(H,28,35)(H,29,34)/t14?,15-,17?/m0/s1. The number of alkyl halides is 3. The van der Waals surface area contributed by atoms with Gasteiger partial charge in [-0.05, 0) is 53.0 Å². The van der Waals surface area contributed by atoms with Gasteiger partial charge in [0.1, 0.15) is 17.6 Å². The van der Waals surface area contributed by atoms with Gasteiger partial charge in [0.25, 0.3) is 5.91 Å². The molecule has 37 heavy (non-hydrogen) atoms.